The van der Waals surface area contributed by atoms with Crippen LogP contribution in [0, 0.1) is 5.92 Å². The van der Waals surface area contributed by atoms with E-state index in [1.165, 1.54) is 19.3 Å². The summed E-state index contributed by atoms with van der Waals surface area (Å²) in [4.78, 5) is 0. The van der Waals surface area contributed by atoms with Gasteiger partial charge in [0.1, 0.15) is 5.76 Å². The minimum Gasteiger partial charge on any atom is -0.494 e. The van der Waals surface area contributed by atoms with Crippen molar-refractivity contribution in [2.45, 2.75) is 60.3 Å². The zero-order valence-corrected chi connectivity index (χ0v) is 11.9. The largest absolute Gasteiger partial charge is 0.494 e. The van der Waals surface area contributed by atoms with Crippen LogP contribution in [0.5, 0.6) is 0 Å². The highest BCUT2D eigenvalue weighted by atomic mass is 16.5. The molecule has 1 heteroatoms. The Labute approximate surface area is 103 Å². The molecule has 0 saturated carbocycles. The number of hydrogen-bond acceptors (Lipinski definition) is 1. The molecule has 96 valence electrons. The average molecular weight is 226 g/mol. The molecule has 1 nitrogen and oxygen atoms in total. The molecule has 16 heavy (non-hydrogen) atoms. The summed E-state index contributed by atoms with van der Waals surface area (Å²) >= 11 is 0. The van der Waals surface area contributed by atoms with E-state index in [-0.39, 0.29) is 0 Å². The van der Waals surface area contributed by atoms with E-state index in [9.17, 15) is 0 Å². The lowest BCUT2D eigenvalue weighted by atomic mass is 10.0. The normalized spacial score (nSPS) is 10.8. The first-order chi connectivity index (χ1) is 7.69. The van der Waals surface area contributed by atoms with E-state index in [4.69, 9.17) is 4.74 Å². The molecule has 0 aliphatic rings. The highest BCUT2D eigenvalue weighted by Gasteiger charge is 2.02. The van der Waals surface area contributed by atoms with E-state index < -0.39 is 0 Å². The van der Waals surface area contributed by atoms with Crippen LogP contribution in [0.25, 0.3) is 0 Å². The first kappa shape index (κ1) is 17.7. The van der Waals surface area contributed by atoms with Gasteiger partial charge < -0.3 is 4.74 Å². The molecule has 0 aromatic heterocycles. The van der Waals surface area contributed by atoms with Crippen LogP contribution < -0.4 is 0 Å². The monoisotopic (exact) mass is 226 g/mol. The summed E-state index contributed by atoms with van der Waals surface area (Å²) in [5.41, 5.74) is 0. The summed E-state index contributed by atoms with van der Waals surface area (Å²) < 4.78 is 5.52. The van der Waals surface area contributed by atoms with Gasteiger partial charge in [0.05, 0.1) is 6.61 Å². The third kappa shape index (κ3) is 11.4. The maximum Gasteiger partial charge on any atom is 0.114 e. The molecule has 0 aromatic rings. The van der Waals surface area contributed by atoms with Crippen LogP contribution in [0.2, 0.25) is 0 Å². The highest BCUT2D eigenvalue weighted by Crippen LogP contribution is 2.13. The van der Waals surface area contributed by atoms with Gasteiger partial charge in [0.25, 0.3) is 0 Å². The maximum atomic E-state index is 5.52. The summed E-state index contributed by atoms with van der Waals surface area (Å²) in [6.45, 7) is 15.2. The third-order valence-electron chi connectivity index (χ3n) is 2.44. The molecule has 0 atom stereocenters. The second kappa shape index (κ2) is 14.3. The van der Waals surface area contributed by atoms with Crippen LogP contribution >= 0.6 is 0 Å². The molecule has 0 radical (unpaired) electrons. The molecule has 0 aliphatic heterocycles. The Balaban J connectivity index is 0. The summed E-state index contributed by atoms with van der Waals surface area (Å²) in [5.74, 6) is 1.70. The lowest BCUT2D eigenvalue weighted by Crippen LogP contribution is -2.02. The van der Waals surface area contributed by atoms with Crippen LogP contribution in [0.1, 0.15) is 60.3 Å². The van der Waals surface area contributed by atoms with Gasteiger partial charge in [-0.3, -0.25) is 0 Å². The number of hydrogen-bond donors (Lipinski definition) is 0. The van der Waals surface area contributed by atoms with Gasteiger partial charge in [-0.2, -0.15) is 0 Å². The van der Waals surface area contributed by atoms with Crippen LogP contribution in [0.4, 0.5) is 0 Å². The van der Waals surface area contributed by atoms with Gasteiger partial charge in [-0.05, 0) is 31.4 Å². The zero-order valence-electron chi connectivity index (χ0n) is 11.9. The minimum atomic E-state index is 0.808. The number of allylic oxidation sites excluding steroid dienone is 2. The van der Waals surface area contributed by atoms with Crippen LogP contribution in [-0.4, -0.2) is 6.61 Å². The maximum absolute atomic E-state index is 5.52. The summed E-state index contributed by atoms with van der Waals surface area (Å²) in [6, 6.07) is 0. The second-order valence-corrected chi connectivity index (χ2v) is 3.92. The second-order valence-electron chi connectivity index (χ2n) is 3.92. The topological polar surface area (TPSA) is 9.23 Å². The van der Waals surface area contributed by atoms with Crippen molar-refractivity contribution in [2.75, 3.05) is 6.61 Å². The molecule has 0 amide bonds. The molecule has 0 aromatic carbocycles. The van der Waals surface area contributed by atoms with Crippen molar-refractivity contribution < 1.29 is 4.74 Å². The lowest BCUT2D eigenvalue weighted by molar-refractivity contribution is 0.197. The van der Waals surface area contributed by atoms with Crippen LogP contribution in [-0.2, 0) is 4.74 Å². The predicted molar refractivity (Wildman–Crippen MR) is 74.6 cm³/mol. The number of ether oxygens (including phenoxy) is 1. The Kier molecular flexibility index (Phi) is 15.8. The quantitative estimate of drug-likeness (QED) is 0.421. The fraction of sp³-hybridized carbons (Fsp3) is 0.733. The standard InChI is InChI=1S/C12H22O.C3H8/c1-5-11(6-2)9-10-13-12(7-3)8-4;1-3-2/h7-8,11H,3,5-6,9-10H2,1-2,4H3;3H2,1-2H3/b12-8+;. The van der Waals surface area contributed by atoms with Crippen LogP contribution in [0.3, 0.4) is 0 Å². The molecular formula is C15H30O. The molecule has 0 rings (SSSR count). The van der Waals surface area contributed by atoms with Gasteiger partial charge in [0.15, 0.2) is 0 Å². The lowest BCUT2D eigenvalue weighted by Gasteiger charge is -2.12. The average Bonchev–Trinajstić information content (AvgIpc) is 2.31. The summed E-state index contributed by atoms with van der Waals surface area (Å²) in [6.07, 6.45) is 8.60. The summed E-state index contributed by atoms with van der Waals surface area (Å²) in [7, 11) is 0. The fourth-order valence-electron chi connectivity index (χ4n) is 1.30. The fourth-order valence-corrected chi connectivity index (χ4v) is 1.30. The molecule has 0 saturated heterocycles. The van der Waals surface area contributed by atoms with Gasteiger partial charge in [0.2, 0.25) is 0 Å². The predicted octanol–water partition coefficient (Wildman–Crippen LogP) is 5.34. The van der Waals surface area contributed by atoms with Crippen molar-refractivity contribution in [1.29, 1.82) is 0 Å². The van der Waals surface area contributed by atoms with Crippen molar-refractivity contribution in [2.24, 2.45) is 5.92 Å². The molecule has 0 aliphatic carbocycles. The third-order valence-corrected chi connectivity index (χ3v) is 2.44. The van der Waals surface area contributed by atoms with E-state index in [2.05, 4.69) is 34.3 Å². The van der Waals surface area contributed by atoms with Crippen molar-refractivity contribution in [3.63, 3.8) is 0 Å². The number of rotatable bonds is 7. The van der Waals surface area contributed by atoms with Crippen LogP contribution in [0.15, 0.2) is 24.5 Å². The smallest absolute Gasteiger partial charge is 0.114 e. The molecule has 0 N–H and O–H groups in total. The van der Waals surface area contributed by atoms with E-state index in [1.54, 1.807) is 6.08 Å². The molecule has 0 spiro atoms. The van der Waals surface area contributed by atoms with Gasteiger partial charge in [-0.15, -0.1) is 0 Å². The Morgan fingerprint density at radius 2 is 1.69 bits per heavy atom. The Morgan fingerprint density at radius 1 is 1.19 bits per heavy atom. The molecule has 0 unspecified atom stereocenters. The zero-order chi connectivity index (χ0) is 12.8. The highest BCUT2D eigenvalue weighted by molar-refractivity contribution is 5.06. The Morgan fingerprint density at radius 3 is 2.00 bits per heavy atom. The van der Waals surface area contributed by atoms with Gasteiger partial charge in [-0.1, -0.05) is 53.5 Å². The van der Waals surface area contributed by atoms with E-state index >= 15 is 0 Å². The molecular weight excluding hydrogens is 196 g/mol. The van der Waals surface area contributed by atoms with E-state index in [0.717, 1.165) is 24.7 Å². The van der Waals surface area contributed by atoms with Crippen molar-refractivity contribution in [3.05, 3.63) is 24.5 Å². The molecule has 0 fully saturated rings. The molecule has 0 heterocycles. The SMILES string of the molecule is C=C/C(=C\C)OCCC(CC)CC.CCC. The summed E-state index contributed by atoms with van der Waals surface area (Å²) in [5, 5.41) is 0. The van der Waals surface area contributed by atoms with Gasteiger partial charge in [0, 0.05) is 0 Å². The minimum absolute atomic E-state index is 0.808. The van der Waals surface area contributed by atoms with Crippen molar-refractivity contribution in [1.82, 2.24) is 0 Å². The van der Waals surface area contributed by atoms with Crippen molar-refractivity contribution >= 4 is 0 Å². The van der Waals surface area contributed by atoms with E-state index in [1.807, 2.05) is 13.0 Å². The van der Waals surface area contributed by atoms with Crippen molar-refractivity contribution in [3.8, 4) is 0 Å². The van der Waals surface area contributed by atoms with Gasteiger partial charge in [-0.25, -0.2) is 0 Å². The van der Waals surface area contributed by atoms with E-state index in [0.29, 0.717) is 0 Å². The molecule has 0 bridgehead atoms. The first-order valence-electron chi connectivity index (χ1n) is 6.61. The van der Waals surface area contributed by atoms with Gasteiger partial charge >= 0.3 is 0 Å². The Bertz CT molecular complexity index is 166. The first-order valence-corrected chi connectivity index (χ1v) is 6.61. The Hall–Kier alpha value is -0.720.